The molecule has 6 nitrogen and oxygen atoms in total. The van der Waals surface area contributed by atoms with Gasteiger partial charge in [-0.05, 0) is 29.3 Å². The van der Waals surface area contributed by atoms with Crippen molar-refractivity contribution < 1.29 is 4.79 Å². The lowest BCUT2D eigenvalue weighted by Crippen LogP contribution is -2.20. The Kier molecular flexibility index (Phi) is 4.64. The quantitative estimate of drug-likeness (QED) is 0.707. The van der Waals surface area contributed by atoms with Gasteiger partial charge in [-0.2, -0.15) is 4.98 Å². The predicted molar refractivity (Wildman–Crippen MR) is 107 cm³/mol. The van der Waals surface area contributed by atoms with Gasteiger partial charge in [0.05, 0.1) is 0 Å². The number of hydrogen-bond acceptors (Lipinski definition) is 4. The molecule has 4 rings (SSSR count). The number of fused-ring (bicyclic) bond motifs is 1. The minimum Gasteiger partial charge on any atom is -0.324 e. The number of amides is 1. The lowest BCUT2D eigenvalue weighted by atomic mass is 10.0. The molecule has 1 atom stereocenters. The highest BCUT2D eigenvalue weighted by Gasteiger charge is 2.25. The zero-order valence-corrected chi connectivity index (χ0v) is 15.4. The maximum atomic E-state index is 11.7. The molecule has 1 aliphatic rings. The van der Waals surface area contributed by atoms with Crippen LogP contribution >= 0.6 is 11.6 Å². The van der Waals surface area contributed by atoms with E-state index >= 15 is 0 Å². The van der Waals surface area contributed by atoms with Crippen molar-refractivity contribution in [3.63, 3.8) is 0 Å². The second-order valence-corrected chi connectivity index (χ2v) is 6.61. The van der Waals surface area contributed by atoms with E-state index in [1.807, 2.05) is 54.6 Å². The van der Waals surface area contributed by atoms with Crippen LogP contribution in [-0.2, 0) is 4.79 Å². The van der Waals surface area contributed by atoms with Gasteiger partial charge in [-0.15, -0.1) is 5.10 Å². The van der Waals surface area contributed by atoms with Crippen LogP contribution in [0.25, 0.3) is 5.70 Å². The normalized spacial score (nSPS) is 15.5. The Hall–Kier alpha value is -3.12. The number of nitrogens with one attached hydrogen (secondary N) is 2. The first-order chi connectivity index (χ1) is 13.1. The van der Waals surface area contributed by atoms with Crippen molar-refractivity contribution in [3.8, 4) is 0 Å². The second kappa shape index (κ2) is 7.25. The van der Waals surface area contributed by atoms with Crippen LogP contribution in [0.2, 0.25) is 5.02 Å². The Labute approximate surface area is 161 Å². The average molecular weight is 380 g/mol. The summed E-state index contributed by atoms with van der Waals surface area (Å²) in [4.78, 5) is 16.2. The fourth-order valence-corrected chi connectivity index (χ4v) is 3.07. The molecule has 3 aromatic rings. The van der Waals surface area contributed by atoms with Crippen LogP contribution < -0.4 is 10.6 Å². The molecule has 1 aliphatic heterocycles. The fraction of sp³-hybridized carbons (Fsp3) is 0.150. The third-order valence-electron chi connectivity index (χ3n) is 4.33. The summed E-state index contributed by atoms with van der Waals surface area (Å²) in [5.41, 5.74) is 3.00. The van der Waals surface area contributed by atoms with Crippen LogP contribution in [0.4, 0.5) is 11.9 Å². The van der Waals surface area contributed by atoms with Gasteiger partial charge in [0.15, 0.2) is 0 Å². The second-order valence-electron chi connectivity index (χ2n) is 6.17. The zero-order valence-electron chi connectivity index (χ0n) is 14.7. The number of hydrogen-bond donors (Lipinski definition) is 2. The predicted octanol–water partition coefficient (Wildman–Crippen LogP) is 4.34. The minimum absolute atomic E-state index is 0.128. The molecule has 136 valence electrons. The van der Waals surface area contributed by atoms with Crippen LogP contribution in [0.3, 0.4) is 0 Å². The summed E-state index contributed by atoms with van der Waals surface area (Å²) in [6.45, 7) is 1.79. The van der Waals surface area contributed by atoms with E-state index in [2.05, 4.69) is 26.8 Å². The first kappa shape index (κ1) is 17.3. The maximum absolute atomic E-state index is 11.7. The molecule has 0 saturated heterocycles. The molecule has 0 spiro atoms. The number of carbonyl (C=O) groups is 1. The molecule has 0 aliphatic carbocycles. The highest BCUT2D eigenvalue weighted by Crippen LogP contribution is 2.33. The van der Waals surface area contributed by atoms with E-state index in [1.165, 1.54) is 0 Å². The van der Waals surface area contributed by atoms with Gasteiger partial charge in [0.25, 0.3) is 5.95 Å². The van der Waals surface area contributed by atoms with Gasteiger partial charge in [-0.3, -0.25) is 10.1 Å². The minimum atomic E-state index is -0.173. The van der Waals surface area contributed by atoms with E-state index in [-0.39, 0.29) is 17.9 Å². The molecule has 0 bridgehead atoms. The SMILES string of the molecule is CCC(=O)Nc1nc2n(n1)C(c1ccc(Cl)cc1)C=C(c1ccccc1)N2. The molecule has 1 unspecified atom stereocenters. The Morgan fingerprint density at radius 2 is 1.93 bits per heavy atom. The smallest absolute Gasteiger partial charge is 0.250 e. The third-order valence-corrected chi connectivity index (χ3v) is 4.59. The summed E-state index contributed by atoms with van der Waals surface area (Å²) in [5, 5.41) is 11.2. The Morgan fingerprint density at radius 1 is 1.19 bits per heavy atom. The largest absolute Gasteiger partial charge is 0.324 e. The molecule has 2 aromatic carbocycles. The van der Waals surface area contributed by atoms with Crippen molar-refractivity contribution in [2.45, 2.75) is 19.4 Å². The lowest BCUT2D eigenvalue weighted by molar-refractivity contribution is -0.115. The first-order valence-corrected chi connectivity index (χ1v) is 9.08. The summed E-state index contributed by atoms with van der Waals surface area (Å²) < 4.78 is 1.76. The van der Waals surface area contributed by atoms with Crippen molar-refractivity contribution in [2.24, 2.45) is 0 Å². The fourth-order valence-electron chi connectivity index (χ4n) is 2.94. The number of rotatable bonds is 4. The van der Waals surface area contributed by atoms with E-state index in [0.29, 0.717) is 17.4 Å². The van der Waals surface area contributed by atoms with Gasteiger partial charge in [0, 0.05) is 17.1 Å². The highest BCUT2D eigenvalue weighted by atomic mass is 35.5. The lowest BCUT2D eigenvalue weighted by Gasteiger charge is -2.24. The van der Waals surface area contributed by atoms with Gasteiger partial charge < -0.3 is 5.32 Å². The molecule has 1 aromatic heterocycles. The highest BCUT2D eigenvalue weighted by molar-refractivity contribution is 6.30. The molecular formula is C20H18ClN5O. The van der Waals surface area contributed by atoms with Crippen LogP contribution in [0, 0.1) is 0 Å². The average Bonchev–Trinajstić information content (AvgIpc) is 3.10. The summed E-state index contributed by atoms with van der Waals surface area (Å²) in [5.74, 6) is 0.728. The molecule has 0 fully saturated rings. The number of allylic oxidation sites excluding steroid dienone is 1. The number of nitrogens with zero attached hydrogens (tertiary/aromatic N) is 3. The van der Waals surface area contributed by atoms with Crippen molar-refractivity contribution in [1.29, 1.82) is 0 Å². The van der Waals surface area contributed by atoms with E-state index in [9.17, 15) is 4.79 Å². The monoisotopic (exact) mass is 379 g/mol. The number of anilines is 2. The van der Waals surface area contributed by atoms with E-state index < -0.39 is 0 Å². The first-order valence-electron chi connectivity index (χ1n) is 8.70. The van der Waals surface area contributed by atoms with Gasteiger partial charge in [-0.25, -0.2) is 4.68 Å². The molecule has 2 heterocycles. The number of halogens is 1. The Bertz CT molecular complexity index is 995. The van der Waals surface area contributed by atoms with Crippen LogP contribution in [0.5, 0.6) is 0 Å². The van der Waals surface area contributed by atoms with Crippen molar-refractivity contribution in [2.75, 3.05) is 10.6 Å². The summed E-state index contributed by atoms with van der Waals surface area (Å²) in [6, 6.07) is 17.5. The van der Waals surface area contributed by atoms with E-state index in [1.54, 1.807) is 11.6 Å². The van der Waals surface area contributed by atoms with Crippen LogP contribution in [0.1, 0.15) is 30.5 Å². The van der Waals surface area contributed by atoms with Gasteiger partial charge in [0.1, 0.15) is 6.04 Å². The topological polar surface area (TPSA) is 71.8 Å². The number of aromatic nitrogens is 3. The molecule has 7 heteroatoms. The van der Waals surface area contributed by atoms with Crippen LogP contribution in [-0.4, -0.2) is 20.7 Å². The summed E-state index contributed by atoms with van der Waals surface area (Å²) in [7, 11) is 0. The van der Waals surface area contributed by atoms with Gasteiger partial charge >= 0.3 is 0 Å². The summed E-state index contributed by atoms with van der Waals surface area (Å²) in [6.07, 6.45) is 2.46. The van der Waals surface area contributed by atoms with Gasteiger partial charge in [0.2, 0.25) is 11.9 Å². The standard InChI is InChI=1S/C20H18ClN5O/c1-2-18(27)23-19-24-20-22-16(13-6-4-3-5-7-13)12-17(26(20)25-19)14-8-10-15(21)11-9-14/h3-12,17H,2H2,1H3,(H2,22,23,24,25,27). The zero-order chi connectivity index (χ0) is 18.8. The molecule has 27 heavy (non-hydrogen) atoms. The maximum Gasteiger partial charge on any atom is 0.250 e. The molecule has 1 amide bonds. The van der Waals surface area contributed by atoms with Crippen molar-refractivity contribution in [3.05, 3.63) is 76.8 Å². The molecule has 0 radical (unpaired) electrons. The Morgan fingerprint density at radius 3 is 2.63 bits per heavy atom. The van der Waals surface area contributed by atoms with Gasteiger partial charge in [-0.1, -0.05) is 61.0 Å². The number of carbonyl (C=O) groups excluding carboxylic acids is 1. The molecule has 2 N–H and O–H groups in total. The number of benzene rings is 2. The van der Waals surface area contributed by atoms with E-state index in [0.717, 1.165) is 16.8 Å². The van der Waals surface area contributed by atoms with Crippen molar-refractivity contribution >= 4 is 35.1 Å². The van der Waals surface area contributed by atoms with E-state index in [4.69, 9.17) is 11.6 Å². The third kappa shape index (κ3) is 3.57. The van der Waals surface area contributed by atoms with Crippen molar-refractivity contribution in [1.82, 2.24) is 14.8 Å². The molecular weight excluding hydrogens is 362 g/mol. The van der Waals surface area contributed by atoms with Crippen LogP contribution in [0.15, 0.2) is 60.7 Å². The summed E-state index contributed by atoms with van der Waals surface area (Å²) >= 11 is 6.04. The Balaban J connectivity index is 1.77. The molecule has 0 saturated carbocycles.